The lowest BCUT2D eigenvalue weighted by atomic mass is 9.94. The van der Waals surface area contributed by atoms with Gasteiger partial charge >= 0.3 is 0 Å². The van der Waals surface area contributed by atoms with Gasteiger partial charge in [0.25, 0.3) is 0 Å². The summed E-state index contributed by atoms with van der Waals surface area (Å²) in [4.78, 5) is 12.0. The summed E-state index contributed by atoms with van der Waals surface area (Å²) in [5, 5.41) is 3.42. The van der Waals surface area contributed by atoms with Gasteiger partial charge in [0, 0.05) is 6.42 Å². The number of aryl methyl sites for hydroxylation is 1. The smallest absolute Gasteiger partial charge is 0.224 e. The monoisotopic (exact) mass is 282 g/mol. The van der Waals surface area contributed by atoms with E-state index in [4.69, 9.17) is 17.3 Å². The average molecular weight is 283 g/mol. The summed E-state index contributed by atoms with van der Waals surface area (Å²) in [6.07, 6.45) is 1.41. The predicted molar refractivity (Wildman–Crippen MR) is 81.4 cm³/mol. The van der Waals surface area contributed by atoms with Crippen LogP contribution in [0.1, 0.15) is 32.3 Å². The number of nitrogens with one attached hydrogen (secondary N) is 1. The van der Waals surface area contributed by atoms with E-state index in [-0.39, 0.29) is 11.8 Å². The van der Waals surface area contributed by atoms with Crippen molar-refractivity contribution in [1.82, 2.24) is 0 Å². The van der Waals surface area contributed by atoms with Crippen LogP contribution in [0.2, 0.25) is 5.02 Å². The number of hydrogen-bond donors (Lipinski definition) is 2. The second-order valence-corrected chi connectivity index (χ2v) is 5.87. The zero-order valence-corrected chi connectivity index (χ0v) is 12.6. The summed E-state index contributed by atoms with van der Waals surface area (Å²) in [6.45, 7) is 6.77. The molecule has 0 heterocycles. The van der Waals surface area contributed by atoms with E-state index < -0.39 is 0 Å². The summed E-state index contributed by atoms with van der Waals surface area (Å²) in [6, 6.07) is 5.59. The Balaban J connectivity index is 2.59. The molecule has 0 fully saturated rings. The Morgan fingerprint density at radius 2 is 2.11 bits per heavy atom. The molecule has 1 atom stereocenters. The van der Waals surface area contributed by atoms with E-state index >= 15 is 0 Å². The Kier molecular flexibility index (Phi) is 6.32. The van der Waals surface area contributed by atoms with Crippen molar-refractivity contribution in [2.24, 2.45) is 17.6 Å². The first-order chi connectivity index (χ1) is 8.92. The van der Waals surface area contributed by atoms with E-state index in [1.54, 1.807) is 0 Å². The summed E-state index contributed by atoms with van der Waals surface area (Å²) < 4.78 is 0. The molecule has 0 aromatic heterocycles. The van der Waals surface area contributed by atoms with Crippen LogP contribution in [0.25, 0.3) is 0 Å². The molecule has 0 unspecified atom stereocenters. The molecule has 19 heavy (non-hydrogen) atoms. The van der Waals surface area contributed by atoms with Gasteiger partial charge in [-0.05, 0) is 49.4 Å². The van der Waals surface area contributed by atoms with Crippen molar-refractivity contribution in [3.8, 4) is 0 Å². The maximum absolute atomic E-state index is 12.0. The van der Waals surface area contributed by atoms with Crippen LogP contribution in [0.4, 0.5) is 5.69 Å². The van der Waals surface area contributed by atoms with Gasteiger partial charge in [-0.3, -0.25) is 4.79 Å². The van der Waals surface area contributed by atoms with Crippen LogP contribution < -0.4 is 11.1 Å². The second kappa shape index (κ2) is 7.51. The van der Waals surface area contributed by atoms with Crippen LogP contribution in [-0.4, -0.2) is 12.5 Å². The van der Waals surface area contributed by atoms with Crippen molar-refractivity contribution >= 4 is 23.2 Å². The minimum Gasteiger partial charge on any atom is -0.330 e. The molecule has 4 heteroatoms. The first-order valence-electron chi connectivity index (χ1n) is 6.68. The van der Waals surface area contributed by atoms with Crippen LogP contribution in [0, 0.1) is 18.8 Å². The Labute approximate surface area is 120 Å². The number of rotatable bonds is 6. The molecule has 106 valence electrons. The maximum atomic E-state index is 12.0. The number of amides is 1. The highest BCUT2D eigenvalue weighted by Crippen LogP contribution is 2.23. The highest BCUT2D eigenvalue weighted by molar-refractivity contribution is 6.33. The summed E-state index contributed by atoms with van der Waals surface area (Å²) in [7, 11) is 0. The van der Waals surface area contributed by atoms with Crippen molar-refractivity contribution in [1.29, 1.82) is 0 Å². The molecule has 0 saturated heterocycles. The molecule has 0 bridgehead atoms. The summed E-state index contributed by atoms with van der Waals surface area (Å²) in [5.41, 5.74) is 7.44. The van der Waals surface area contributed by atoms with Crippen molar-refractivity contribution in [3.63, 3.8) is 0 Å². The van der Waals surface area contributed by atoms with Crippen LogP contribution in [-0.2, 0) is 4.79 Å². The lowest BCUT2D eigenvalue weighted by molar-refractivity contribution is -0.117. The van der Waals surface area contributed by atoms with E-state index in [9.17, 15) is 4.79 Å². The molecule has 3 nitrogen and oxygen atoms in total. The van der Waals surface area contributed by atoms with E-state index in [1.807, 2.05) is 25.1 Å². The van der Waals surface area contributed by atoms with Crippen LogP contribution >= 0.6 is 11.6 Å². The Hall–Kier alpha value is -1.06. The quantitative estimate of drug-likeness (QED) is 0.838. The topological polar surface area (TPSA) is 55.1 Å². The third-order valence-electron chi connectivity index (χ3n) is 3.01. The van der Waals surface area contributed by atoms with Gasteiger partial charge in [-0.15, -0.1) is 0 Å². The molecular formula is C15H23ClN2O. The zero-order valence-electron chi connectivity index (χ0n) is 11.9. The molecular weight excluding hydrogens is 260 g/mol. The van der Waals surface area contributed by atoms with Gasteiger partial charge in [-0.2, -0.15) is 0 Å². The predicted octanol–water partition coefficient (Wildman–Crippen LogP) is 3.60. The lowest BCUT2D eigenvalue weighted by Gasteiger charge is -2.17. The zero-order chi connectivity index (χ0) is 14.4. The first kappa shape index (κ1) is 16.0. The molecule has 3 N–H and O–H groups in total. The van der Waals surface area contributed by atoms with Crippen LogP contribution in [0.5, 0.6) is 0 Å². The SMILES string of the molecule is Cc1ccc(NC(=O)C[C@@H](CN)CC(C)C)c(Cl)c1. The van der Waals surface area contributed by atoms with Gasteiger partial charge in [0.05, 0.1) is 10.7 Å². The third kappa shape index (κ3) is 5.62. The molecule has 1 aromatic rings. The highest BCUT2D eigenvalue weighted by Gasteiger charge is 2.15. The average Bonchev–Trinajstić information content (AvgIpc) is 2.31. The largest absolute Gasteiger partial charge is 0.330 e. The summed E-state index contributed by atoms with van der Waals surface area (Å²) in [5.74, 6) is 0.746. The Bertz CT molecular complexity index is 432. The number of carbonyl (C=O) groups excluding carboxylic acids is 1. The molecule has 1 amide bonds. The molecule has 0 aliphatic carbocycles. The van der Waals surface area contributed by atoms with Crippen LogP contribution in [0.3, 0.4) is 0 Å². The fourth-order valence-electron chi connectivity index (χ4n) is 2.11. The second-order valence-electron chi connectivity index (χ2n) is 5.47. The fourth-order valence-corrected chi connectivity index (χ4v) is 2.40. The number of carbonyl (C=O) groups is 1. The molecule has 0 saturated carbocycles. The Morgan fingerprint density at radius 3 is 2.63 bits per heavy atom. The van der Waals surface area contributed by atoms with Gasteiger partial charge in [-0.1, -0.05) is 31.5 Å². The number of anilines is 1. The lowest BCUT2D eigenvalue weighted by Crippen LogP contribution is -2.23. The van der Waals surface area contributed by atoms with Crippen LogP contribution in [0.15, 0.2) is 18.2 Å². The van der Waals surface area contributed by atoms with E-state index in [0.29, 0.717) is 29.6 Å². The van der Waals surface area contributed by atoms with Crippen molar-refractivity contribution in [2.75, 3.05) is 11.9 Å². The molecule has 0 radical (unpaired) electrons. The van der Waals surface area contributed by atoms with E-state index in [0.717, 1.165) is 12.0 Å². The van der Waals surface area contributed by atoms with Gasteiger partial charge in [0.15, 0.2) is 0 Å². The molecule has 1 aromatic carbocycles. The highest BCUT2D eigenvalue weighted by atomic mass is 35.5. The number of halogens is 1. The van der Waals surface area contributed by atoms with Crippen molar-refractivity contribution in [3.05, 3.63) is 28.8 Å². The van der Waals surface area contributed by atoms with E-state index in [1.165, 1.54) is 0 Å². The maximum Gasteiger partial charge on any atom is 0.224 e. The van der Waals surface area contributed by atoms with E-state index in [2.05, 4.69) is 19.2 Å². The number of hydrogen-bond acceptors (Lipinski definition) is 2. The summed E-state index contributed by atoms with van der Waals surface area (Å²) >= 11 is 6.09. The van der Waals surface area contributed by atoms with Gasteiger partial charge in [-0.25, -0.2) is 0 Å². The van der Waals surface area contributed by atoms with Gasteiger partial charge in [0.1, 0.15) is 0 Å². The Morgan fingerprint density at radius 1 is 1.42 bits per heavy atom. The van der Waals surface area contributed by atoms with Gasteiger partial charge in [0.2, 0.25) is 5.91 Å². The molecule has 0 spiro atoms. The van der Waals surface area contributed by atoms with Gasteiger partial charge < -0.3 is 11.1 Å². The first-order valence-corrected chi connectivity index (χ1v) is 7.06. The molecule has 1 rings (SSSR count). The molecule has 0 aliphatic rings. The number of benzene rings is 1. The van der Waals surface area contributed by atoms with Crippen molar-refractivity contribution in [2.45, 2.75) is 33.6 Å². The minimum atomic E-state index is -0.0261. The fraction of sp³-hybridized carbons (Fsp3) is 0.533. The molecule has 0 aliphatic heterocycles. The van der Waals surface area contributed by atoms with Crippen molar-refractivity contribution < 1.29 is 4.79 Å². The normalized spacial score (nSPS) is 12.5. The minimum absolute atomic E-state index is 0.0261. The standard InChI is InChI=1S/C15H23ClN2O/c1-10(2)6-12(9-17)8-15(19)18-14-5-4-11(3)7-13(14)16/h4-5,7,10,12H,6,8-9,17H2,1-3H3,(H,18,19)/t12-/m0/s1. The third-order valence-corrected chi connectivity index (χ3v) is 3.32. The number of nitrogens with two attached hydrogens (primary N) is 1.